The molecule has 0 spiro atoms. The third kappa shape index (κ3) is 7.88. The molecule has 1 aliphatic heterocycles. The maximum atomic E-state index is 12.2. The zero-order chi connectivity index (χ0) is 21.1. The molecular formula is C20H32IN5O4. The van der Waals surface area contributed by atoms with Gasteiger partial charge in [0, 0.05) is 44.8 Å². The molecule has 1 aromatic carbocycles. The van der Waals surface area contributed by atoms with Gasteiger partial charge in [0.15, 0.2) is 5.96 Å². The van der Waals surface area contributed by atoms with Crippen LogP contribution in [0.5, 0.6) is 5.75 Å². The van der Waals surface area contributed by atoms with E-state index < -0.39 is 0 Å². The summed E-state index contributed by atoms with van der Waals surface area (Å²) in [4.78, 5) is 32.4. The molecule has 0 aliphatic carbocycles. The van der Waals surface area contributed by atoms with Gasteiger partial charge >= 0.3 is 6.09 Å². The molecule has 1 saturated heterocycles. The Labute approximate surface area is 195 Å². The van der Waals surface area contributed by atoms with Gasteiger partial charge in [0.1, 0.15) is 5.75 Å². The predicted octanol–water partition coefficient (Wildman–Crippen LogP) is 1.78. The topological polar surface area (TPSA) is 95.5 Å². The summed E-state index contributed by atoms with van der Waals surface area (Å²) < 4.78 is 10.1. The molecule has 1 heterocycles. The average Bonchev–Trinajstić information content (AvgIpc) is 2.76. The molecule has 1 aliphatic rings. The maximum absolute atomic E-state index is 12.2. The standard InChI is InChI=1S/C20H31N5O4.HI/c1-4-21-19(24-12-14-25(15-13-24)20(27)29-5-2)23-11-10-22-18(26)16-6-8-17(28-3)9-7-16;/h6-9H,4-5,10-15H2,1-3H3,(H,21,23)(H,22,26);1H. The molecule has 9 nitrogen and oxygen atoms in total. The molecule has 0 unspecified atom stereocenters. The van der Waals surface area contributed by atoms with E-state index in [1.165, 1.54) is 0 Å². The summed E-state index contributed by atoms with van der Waals surface area (Å²) in [6.45, 7) is 8.39. The number of piperazine rings is 1. The number of ether oxygens (including phenoxy) is 2. The lowest BCUT2D eigenvalue weighted by Gasteiger charge is -2.35. The molecule has 0 aromatic heterocycles. The van der Waals surface area contributed by atoms with Crippen molar-refractivity contribution in [1.82, 2.24) is 20.4 Å². The van der Waals surface area contributed by atoms with Crippen molar-refractivity contribution < 1.29 is 19.1 Å². The Morgan fingerprint density at radius 1 is 1.03 bits per heavy atom. The average molecular weight is 533 g/mol. The molecule has 2 N–H and O–H groups in total. The van der Waals surface area contributed by atoms with Gasteiger partial charge in [-0.25, -0.2) is 4.79 Å². The van der Waals surface area contributed by atoms with E-state index in [0.717, 1.165) is 12.5 Å². The minimum Gasteiger partial charge on any atom is -0.497 e. The van der Waals surface area contributed by atoms with Crippen molar-refractivity contribution in [3.63, 3.8) is 0 Å². The van der Waals surface area contributed by atoms with Gasteiger partial charge < -0.3 is 29.9 Å². The largest absolute Gasteiger partial charge is 0.497 e. The van der Waals surface area contributed by atoms with Gasteiger partial charge in [0.2, 0.25) is 0 Å². The molecule has 2 rings (SSSR count). The third-order valence-electron chi connectivity index (χ3n) is 4.45. The van der Waals surface area contributed by atoms with Crippen molar-refractivity contribution in [2.24, 2.45) is 4.99 Å². The fourth-order valence-electron chi connectivity index (χ4n) is 2.92. The van der Waals surface area contributed by atoms with Crippen LogP contribution < -0.4 is 15.4 Å². The van der Waals surface area contributed by atoms with Crippen LogP contribution in [0, 0.1) is 0 Å². The molecule has 0 atom stereocenters. The van der Waals surface area contributed by atoms with Gasteiger partial charge in [0.05, 0.1) is 20.3 Å². The van der Waals surface area contributed by atoms with Crippen LogP contribution in [0.15, 0.2) is 29.3 Å². The van der Waals surface area contributed by atoms with E-state index in [9.17, 15) is 9.59 Å². The summed E-state index contributed by atoms with van der Waals surface area (Å²) in [6.07, 6.45) is -0.268. The number of rotatable bonds is 7. The van der Waals surface area contributed by atoms with Crippen LogP contribution >= 0.6 is 24.0 Å². The summed E-state index contributed by atoms with van der Waals surface area (Å²) in [5.74, 6) is 1.36. The highest BCUT2D eigenvalue weighted by atomic mass is 127. The number of nitrogens with one attached hydrogen (secondary N) is 2. The minimum absolute atomic E-state index is 0. The van der Waals surface area contributed by atoms with E-state index in [-0.39, 0.29) is 36.0 Å². The van der Waals surface area contributed by atoms with Crippen LogP contribution in [-0.4, -0.2) is 87.3 Å². The molecular weight excluding hydrogens is 501 g/mol. The molecule has 10 heteroatoms. The molecule has 0 bridgehead atoms. The normalized spacial score (nSPS) is 13.9. The number of methoxy groups -OCH3 is 1. The molecule has 168 valence electrons. The monoisotopic (exact) mass is 533 g/mol. The Balaban J connectivity index is 0.00000450. The zero-order valence-corrected chi connectivity index (χ0v) is 20.2. The molecule has 30 heavy (non-hydrogen) atoms. The summed E-state index contributed by atoms with van der Waals surface area (Å²) >= 11 is 0. The number of halogens is 1. The van der Waals surface area contributed by atoms with Crippen molar-refractivity contribution in [2.45, 2.75) is 13.8 Å². The number of nitrogens with zero attached hydrogens (tertiary/aromatic N) is 3. The molecule has 1 fully saturated rings. The quantitative estimate of drug-likeness (QED) is 0.240. The second-order valence-electron chi connectivity index (χ2n) is 6.39. The van der Waals surface area contributed by atoms with Gasteiger partial charge in [-0.1, -0.05) is 0 Å². The maximum Gasteiger partial charge on any atom is 0.409 e. The summed E-state index contributed by atoms with van der Waals surface area (Å²) in [5, 5.41) is 6.14. The lowest BCUT2D eigenvalue weighted by atomic mass is 10.2. The number of carbonyl (C=O) groups is 2. The van der Waals surface area contributed by atoms with Crippen LogP contribution in [0.3, 0.4) is 0 Å². The smallest absolute Gasteiger partial charge is 0.409 e. The van der Waals surface area contributed by atoms with Gasteiger partial charge in [-0.05, 0) is 38.1 Å². The minimum atomic E-state index is -0.268. The number of aliphatic imine (C=N–C) groups is 1. The Bertz CT molecular complexity index is 691. The highest BCUT2D eigenvalue weighted by molar-refractivity contribution is 14.0. The fraction of sp³-hybridized carbons (Fsp3) is 0.550. The number of guanidine groups is 1. The Kier molecular flexibility index (Phi) is 11.9. The SMILES string of the molecule is CCNC(=NCCNC(=O)c1ccc(OC)cc1)N1CCN(C(=O)OCC)CC1.I. The van der Waals surface area contributed by atoms with E-state index in [0.29, 0.717) is 57.2 Å². The Hall–Kier alpha value is -2.24. The number of hydrogen-bond acceptors (Lipinski definition) is 5. The van der Waals surface area contributed by atoms with Crippen molar-refractivity contribution in [3.05, 3.63) is 29.8 Å². The van der Waals surface area contributed by atoms with Gasteiger partial charge in [-0.15, -0.1) is 24.0 Å². The molecule has 0 radical (unpaired) electrons. The highest BCUT2D eigenvalue weighted by Gasteiger charge is 2.23. The van der Waals surface area contributed by atoms with E-state index >= 15 is 0 Å². The molecule has 0 saturated carbocycles. The summed E-state index contributed by atoms with van der Waals surface area (Å²) in [6, 6.07) is 6.97. The molecule has 2 amide bonds. The van der Waals surface area contributed by atoms with Gasteiger partial charge in [-0.2, -0.15) is 0 Å². The van der Waals surface area contributed by atoms with Gasteiger partial charge in [-0.3, -0.25) is 9.79 Å². The number of carbonyl (C=O) groups excluding carboxylic acids is 2. The zero-order valence-electron chi connectivity index (χ0n) is 17.8. The van der Waals surface area contributed by atoms with Crippen molar-refractivity contribution >= 4 is 41.9 Å². The number of benzene rings is 1. The van der Waals surface area contributed by atoms with E-state index in [2.05, 4.69) is 20.5 Å². The molecule has 1 aromatic rings. The Morgan fingerprint density at radius 2 is 1.67 bits per heavy atom. The lowest BCUT2D eigenvalue weighted by Crippen LogP contribution is -2.54. The third-order valence-corrected chi connectivity index (χ3v) is 4.45. The Morgan fingerprint density at radius 3 is 2.23 bits per heavy atom. The van der Waals surface area contributed by atoms with Crippen LogP contribution in [0.4, 0.5) is 4.79 Å². The van der Waals surface area contributed by atoms with E-state index in [1.54, 1.807) is 43.2 Å². The first kappa shape index (κ1) is 25.8. The second-order valence-corrected chi connectivity index (χ2v) is 6.39. The fourth-order valence-corrected chi connectivity index (χ4v) is 2.92. The van der Waals surface area contributed by atoms with Crippen LogP contribution in [0.25, 0.3) is 0 Å². The van der Waals surface area contributed by atoms with Crippen LogP contribution in [0.2, 0.25) is 0 Å². The first-order valence-electron chi connectivity index (χ1n) is 9.96. The van der Waals surface area contributed by atoms with Gasteiger partial charge in [0.25, 0.3) is 5.91 Å². The van der Waals surface area contributed by atoms with Crippen molar-refractivity contribution in [1.29, 1.82) is 0 Å². The van der Waals surface area contributed by atoms with E-state index in [4.69, 9.17) is 9.47 Å². The van der Waals surface area contributed by atoms with E-state index in [1.807, 2.05) is 6.92 Å². The van der Waals surface area contributed by atoms with Crippen LogP contribution in [0.1, 0.15) is 24.2 Å². The number of amides is 2. The first-order chi connectivity index (χ1) is 14.1. The second kappa shape index (κ2) is 13.9. The highest BCUT2D eigenvalue weighted by Crippen LogP contribution is 2.11. The van der Waals surface area contributed by atoms with Crippen molar-refractivity contribution in [3.8, 4) is 5.75 Å². The summed E-state index contributed by atoms with van der Waals surface area (Å²) in [5.41, 5.74) is 0.580. The van der Waals surface area contributed by atoms with Crippen molar-refractivity contribution in [2.75, 3.05) is 59.5 Å². The predicted molar refractivity (Wildman–Crippen MR) is 127 cm³/mol. The summed E-state index contributed by atoms with van der Waals surface area (Å²) in [7, 11) is 1.59. The van der Waals surface area contributed by atoms with Crippen LogP contribution in [-0.2, 0) is 4.74 Å². The lowest BCUT2D eigenvalue weighted by molar-refractivity contribution is 0.0914. The number of hydrogen-bond donors (Lipinski definition) is 2. The first-order valence-corrected chi connectivity index (χ1v) is 9.96.